The standard InChI is InChI=1S/C14H17ClIN/c15-14(10-16)11-17-8-6-13(7-9-17)12-4-2-1-3-5-12/h1-5,10,13H,6-9,11H2/b14-10+. The molecule has 1 heterocycles. The summed E-state index contributed by atoms with van der Waals surface area (Å²) in [6, 6.07) is 10.9. The van der Waals surface area contributed by atoms with Crippen LogP contribution in [0.25, 0.3) is 0 Å². The lowest BCUT2D eigenvalue weighted by Gasteiger charge is -2.31. The number of benzene rings is 1. The van der Waals surface area contributed by atoms with E-state index in [1.807, 2.05) is 4.08 Å². The number of likely N-dealkylation sites (tertiary alicyclic amines) is 1. The van der Waals surface area contributed by atoms with Gasteiger partial charge in [0.15, 0.2) is 0 Å². The maximum Gasteiger partial charge on any atom is 0.0381 e. The van der Waals surface area contributed by atoms with Crippen LogP contribution in [0.2, 0.25) is 0 Å². The molecule has 0 N–H and O–H groups in total. The van der Waals surface area contributed by atoms with Gasteiger partial charge in [-0.05, 0) is 41.5 Å². The molecule has 1 aliphatic heterocycles. The van der Waals surface area contributed by atoms with E-state index in [2.05, 4.69) is 57.8 Å². The van der Waals surface area contributed by atoms with Crippen molar-refractivity contribution < 1.29 is 0 Å². The van der Waals surface area contributed by atoms with Gasteiger partial charge in [0.2, 0.25) is 0 Å². The van der Waals surface area contributed by atoms with Crippen LogP contribution in [0.15, 0.2) is 39.4 Å². The molecule has 1 aromatic rings. The lowest BCUT2D eigenvalue weighted by Crippen LogP contribution is -2.33. The fourth-order valence-corrected chi connectivity index (χ4v) is 2.76. The number of nitrogens with zero attached hydrogens (tertiary/aromatic N) is 1. The number of hydrogen-bond donors (Lipinski definition) is 0. The molecule has 1 fully saturated rings. The fourth-order valence-electron chi connectivity index (χ4n) is 2.40. The Morgan fingerprint density at radius 1 is 1.29 bits per heavy atom. The van der Waals surface area contributed by atoms with Gasteiger partial charge in [-0.15, -0.1) is 0 Å². The molecule has 1 nitrogen and oxygen atoms in total. The Labute approximate surface area is 122 Å². The highest BCUT2D eigenvalue weighted by Crippen LogP contribution is 2.28. The summed E-state index contributed by atoms with van der Waals surface area (Å²) in [5.41, 5.74) is 1.49. The van der Waals surface area contributed by atoms with Crippen LogP contribution in [-0.4, -0.2) is 24.5 Å². The SMILES string of the molecule is Cl/C(=C/I)CN1CCC(c2ccccc2)CC1. The van der Waals surface area contributed by atoms with E-state index >= 15 is 0 Å². The lowest BCUT2D eigenvalue weighted by atomic mass is 9.89. The van der Waals surface area contributed by atoms with Crippen LogP contribution in [0.4, 0.5) is 0 Å². The minimum Gasteiger partial charge on any atom is -0.298 e. The smallest absolute Gasteiger partial charge is 0.0381 e. The topological polar surface area (TPSA) is 3.24 Å². The molecule has 1 aromatic carbocycles. The third-order valence-corrected chi connectivity index (χ3v) is 4.70. The molecule has 3 heteroatoms. The number of rotatable bonds is 3. The molecule has 17 heavy (non-hydrogen) atoms. The summed E-state index contributed by atoms with van der Waals surface area (Å²) in [7, 11) is 0. The minimum absolute atomic E-state index is 0.731. The second kappa shape index (κ2) is 6.76. The molecular formula is C14H17ClIN. The molecule has 2 rings (SSSR count). The van der Waals surface area contributed by atoms with Crippen molar-refractivity contribution in [1.82, 2.24) is 4.90 Å². The first-order valence-corrected chi connectivity index (χ1v) is 7.64. The molecule has 0 bridgehead atoms. The fraction of sp³-hybridized carbons (Fsp3) is 0.429. The Bertz CT molecular complexity index is 369. The Morgan fingerprint density at radius 2 is 1.94 bits per heavy atom. The van der Waals surface area contributed by atoms with E-state index in [0.717, 1.165) is 30.6 Å². The zero-order valence-corrected chi connectivity index (χ0v) is 12.7. The van der Waals surface area contributed by atoms with Gasteiger partial charge in [-0.25, -0.2) is 0 Å². The molecule has 0 saturated carbocycles. The van der Waals surface area contributed by atoms with Crippen molar-refractivity contribution in [3.05, 3.63) is 45.0 Å². The monoisotopic (exact) mass is 361 g/mol. The maximum absolute atomic E-state index is 6.06. The third-order valence-electron chi connectivity index (χ3n) is 3.35. The minimum atomic E-state index is 0.731. The predicted molar refractivity (Wildman–Crippen MR) is 82.8 cm³/mol. The van der Waals surface area contributed by atoms with E-state index in [4.69, 9.17) is 11.6 Å². The van der Waals surface area contributed by atoms with Crippen LogP contribution in [0.5, 0.6) is 0 Å². The highest BCUT2D eigenvalue weighted by molar-refractivity contribution is 14.1. The maximum atomic E-state index is 6.06. The molecule has 0 aliphatic carbocycles. The van der Waals surface area contributed by atoms with E-state index in [0.29, 0.717) is 0 Å². The van der Waals surface area contributed by atoms with Crippen LogP contribution in [0.3, 0.4) is 0 Å². The molecule has 0 amide bonds. The Morgan fingerprint density at radius 3 is 2.53 bits per heavy atom. The summed E-state index contributed by atoms with van der Waals surface area (Å²) in [5, 5.41) is 0.948. The number of piperidine rings is 1. The van der Waals surface area contributed by atoms with Gasteiger partial charge in [-0.1, -0.05) is 64.5 Å². The molecular weight excluding hydrogens is 345 g/mol. The van der Waals surface area contributed by atoms with Crippen molar-refractivity contribution >= 4 is 34.2 Å². The van der Waals surface area contributed by atoms with Crippen LogP contribution < -0.4 is 0 Å². The van der Waals surface area contributed by atoms with Crippen molar-refractivity contribution in [2.24, 2.45) is 0 Å². The van der Waals surface area contributed by atoms with Crippen LogP contribution >= 0.6 is 34.2 Å². The van der Waals surface area contributed by atoms with Crippen LogP contribution in [0, 0.1) is 0 Å². The summed E-state index contributed by atoms with van der Waals surface area (Å²) in [6.45, 7) is 3.21. The lowest BCUT2D eigenvalue weighted by molar-refractivity contribution is 0.231. The van der Waals surface area contributed by atoms with Crippen LogP contribution in [-0.2, 0) is 0 Å². The van der Waals surface area contributed by atoms with Crippen LogP contribution in [0.1, 0.15) is 24.3 Å². The van der Waals surface area contributed by atoms with Crippen molar-refractivity contribution in [3.63, 3.8) is 0 Å². The van der Waals surface area contributed by atoms with E-state index in [9.17, 15) is 0 Å². The molecule has 0 spiro atoms. The van der Waals surface area contributed by atoms with E-state index in [1.165, 1.54) is 18.4 Å². The summed E-state index contributed by atoms with van der Waals surface area (Å²) in [6.07, 6.45) is 2.49. The predicted octanol–water partition coefficient (Wildman–Crippen LogP) is 4.38. The largest absolute Gasteiger partial charge is 0.298 e. The Hall–Kier alpha value is -0.0600. The first kappa shape index (κ1) is 13.4. The first-order valence-electron chi connectivity index (χ1n) is 6.01. The van der Waals surface area contributed by atoms with Gasteiger partial charge >= 0.3 is 0 Å². The molecule has 0 atom stereocenters. The average molecular weight is 362 g/mol. The quantitative estimate of drug-likeness (QED) is 0.722. The van der Waals surface area contributed by atoms with Crippen molar-refractivity contribution in [2.45, 2.75) is 18.8 Å². The molecule has 1 saturated heterocycles. The average Bonchev–Trinajstić information content (AvgIpc) is 2.40. The molecule has 0 radical (unpaired) electrons. The zero-order valence-electron chi connectivity index (χ0n) is 9.78. The zero-order chi connectivity index (χ0) is 12.1. The summed E-state index contributed by atoms with van der Waals surface area (Å²) >= 11 is 8.27. The van der Waals surface area contributed by atoms with Gasteiger partial charge in [-0.3, -0.25) is 4.90 Å². The number of hydrogen-bond acceptors (Lipinski definition) is 1. The van der Waals surface area contributed by atoms with Gasteiger partial charge < -0.3 is 0 Å². The van der Waals surface area contributed by atoms with Gasteiger partial charge in [0.25, 0.3) is 0 Å². The Balaban J connectivity index is 1.86. The van der Waals surface area contributed by atoms with E-state index < -0.39 is 0 Å². The van der Waals surface area contributed by atoms with Gasteiger partial charge in [0.1, 0.15) is 0 Å². The van der Waals surface area contributed by atoms with E-state index in [-0.39, 0.29) is 0 Å². The number of halogens is 2. The summed E-state index contributed by atoms with van der Waals surface area (Å²) in [4.78, 5) is 2.44. The molecule has 92 valence electrons. The van der Waals surface area contributed by atoms with Gasteiger partial charge in [0, 0.05) is 11.6 Å². The Kier molecular flexibility index (Phi) is 5.32. The van der Waals surface area contributed by atoms with E-state index in [1.54, 1.807) is 0 Å². The highest BCUT2D eigenvalue weighted by atomic mass is 127. The normalized spacial score (nSPS) is 19.5. The molecule has 0 unspecified atom stereocenters. The van der Waals surface area contributed by atoms with Crippen molar-refractivity contribution in [2.75, 3.05) is 19.6 Å². The summed E-state index contributed by atoms with van der Waals surface area (Å²) in [5.74, 6) is 0.731. The third kappa shape index (κ3) is 3.97. The second-order valence-electron chi connectivity index (χ2n) is 4.52. The second-order valence-corrected chi connectivity index (χ2v) is 5.63. The molecule has 1 aliphatic rings. The highest BCUT2D eigenvalue weighted by Gasteiger charge is 2.20. The first-order chi connectivity index (χ1) is 8.29. The van der Waals surface area contributed by atoms with Crippen molar-refractivity contribution in [1.29, 1.82) is 0 Å². The summed E-state index contributed by atoms with van der Waals surface area (Å²) < 4.78 is 1.96. The van der Waals surface area contributed by atoms with Crippen molar-refractivity contribution in [3.8, 4) is 0 Å². The van der Waals surface area contributed by atoms with Gasteiger partial charge in [-0.2, -0.15) is 0 Å². The van der Waals surface area contributed by atoms with Gasteiger partial charge in [0.05, 0.1) is 0 Å². The molecule has 0 aromatic heterocycles.